The predicted molar refractivity (Wildman–Crippen MR) is 86.8 cm³/mol. The number of ether oxygens (including phenoxy) is 2. The van der Waals surface area contributed by atoms with E-state index < -0.39 is 0 Å². The molecule has 0 bridgehead atoms. The molecular weight excluding hydrogens is 276 g/mol. The average Bonchev–Trinajstić information content (AvgIpc) is 3.04. The largest absolute Gasteiger partial charge is 0.493 e. The third kappa shape index (κ3) is 3.50. The Balaban J connectivity index is 1.80. The molecule has 1 aliphatic heterocycles. The molecule has 1 aromatic carbocycles. The molecule has 2 aromatic rings. The van der Waals surface area contributed by atoms with Gasteiger partial charge < -0.3 is 9.47 Å². The standard InChI is InChI=1S/C18H24N2O2/c1-14(2)13-22-17-8-4-3-7-16(17)15-11-19-20(12-15)18-9-5-6-10-21-18/h3-4,7-8,11-12,14,18H,5-6,9-10,13H2,1-2H3/t18-/m1/s1. The molecule has 0 N–H and O–H groups in total. The second kappa shape index (κ2) is 6.97. The smallest absolute Gasteiger partial charge is 0.150 e. The van der Waals surface area contributed by atoms with Gasteiger partial charge in [0.1, 0.15) is 12.0 Å². The van der Waals surface area contributed by atoms with E-state index in [0.29, 0.717) is 5.92 Å². The lowest BCUT2D eigenvalue weighted by Crippen LogP contribution is -2.18. The molecule has 0 amide bonds. The number of hydrogen-bond donors (Lipinski definition) is 0. The lowest BCUT2D eigenvalue weighted by atomic mass is 10.1. The number of rotatable bonds is 5. The molecule has 1 fully saturated rings. The summed E-state index contributed by atoms with van der Waals surface area (Å²) in [5.41, 5.74) is 2.17. The van der Waals surface area contributed by atoms with Crippen molar-refractivity contribution in [2.45, 2.75) is 39.3 Å². The van der Waals surface area contributed by atoms with Gasteiger partial charge >= 0.3 is 0 Å². The van der Waals surface area contributed by atoms with Crippen LogP contribution in [0.2, 0.25) is 0 Å². The lowest BCUT2D eigenvalue weighted by molar-refractivity contribution is -0.0394. The van der Waals surface area contributed by atoms with Crippen LogP contribution in [0.15, 0.2) is 36.7 Å². The predicted octanol–water partition coefficient (Wildman–Crippen LogP) is 4.28. The topological polar surface area (TPSA) is 36.3 Å². The molecular formula is C18H24N2O2. The van der Waals surface area contributed by atoms with Gasteiger partial charge in [0.25, 0.3) is 0 Å². The zero-order chi connectivity index (χ0) is 15.4. The molecule has 2 heterocycles. The molecule has 3 rings (SSSR count). The fourth-order valence-corrected chi connectivity index (χ4v) is 2.65. The third-order valence-electron chi connectivity index (χ3n) is 3.82. The van der Waals surface area contributed by atoms with Crippen LogP contribution in [0, 0.1) is 5.92 Å². The van der Waals surface area contributed by atoms with Crippen LogP contribution in [0.4, 0.5) is 0 Å². The summed E-state index contributed by atoms with van der Waals surface area (Å²) in [6.45, 7) is 5.85. The van der Waals surface area contributed by atoms with E-state index in [1.165, 1.54) is 6.42 Å². The quantitative estimate of drug-likeness (QED) is 0.826. The maximum absolute atomic E-state index is 5.94. The van der Waals surface area contributed by atoms with Crippen molar-refractivity contribution in [3.63, 3.8) is 0 Å². The van der Waals surface area contributed by atoms with Crippen LogP contribution in [-0.4, -0.2) is 23.0 Å². The van der Waals surface area contributed by atoms with Crippen molar-refractivity contribution in [1.29, 1.82) is 0 Å². The second-order valence-corrected chi connectivity index (χ2v) is 6.23. The molecule has 1 atom stereocenters. The molecule has 1 aromatic heterocycles. The van der Waals surface area contributed by atoms with Gasteiger partial charge in [0.2, 0.25) is 0 Å². The SMILES string of the molecule is CC(C)COc1ccccc1-c1cnn([C@H]2CCCCO2)c1. The van der Waals surface area contributed by atoms with Crippen molar-refractivity contribution in [3.8, 4) is 16.9 Å². The summed E-state index contributed by atoms with van der Waals surface area (Å²) in [5, 5.41) is 4.49. The van der Waals surface area contributed by atoms with Gasteiger partial charge in [-0.1, -0.05) is 32.0 Å². The minimum Gasteiger partial charge on any atom is -0.493 e. The summed E-state index contributed by atoms with van der Waals surface area (Å²) < 4.78 is 13.7. The monoisotopic (exact) mass is 300 g/mol. The van der Waals surface area contributed by atoms with Gasteiger partial charge in [0, 0.05) is 23.9 Å². The highest BCUT2D eigenvalue weighted by Crippen LogP contribution is 2.31. The fourth-order valence-electron chi connectivity index (χ4n) is 2.65. The van der Waals surface area contributed by atoms with Crippen LogP contribution >= 0.6 is 0 Å². The first-order valence-electron chi connectivity index (χ1n) is 8.12. The van der Waals surface area contributed by atoms with Crippen LogP contribution in [0.1, 0.15) is 39.3 Å². The van der Waals surface area contributed by atoms with Gasteiger partial charge in [-0.2, -0.15) is 5.10 Å². The van der Waals surface area contributed by atoms with Crippen LogP contribution in [-0.2, 0) is 4.74 Å². The molecule has 0 aliphatic carbocycles. The van der Waals surface area contributed by atoms with Gasteiger partial charge in [-0.3, -0.25) is 0 Å². The second-order valence-electron chi connectivity index (χ2n) is 6.23. The molecule has 118 valence electrons. The highest BCUT2D eigenvalue weighted by atomic mass is 16.5. The van der Waals surface area contributed by atoms with Crippen LogP contribution in [0.25, 0.3) is 11.1 Å². The van der Waals surface area contributed by atoms with Crippen molar-refractivity contribution in [3.05, 3.63) is 36.7 Å². The van der Waals surface area contributed by atoms with E-state index in [0.717, 1.165) is 42.9 Å². The van der Waals surface area contributed by atoms with E-state index in [-0.39, 0.29) is 6.23 Å². The maximum Gasteiger partial charge on any atom is 0.150 e. The minimum absolute atomic E-state index is 0.0752. The van der Waals surface area contributed by atoms with E-state index in [1.54, 1.807) is 0 Å². The number of para-hydroxylation sites is 1. The van der Waals surface area contributed by atoms with Crippen molar-refractivity contribution >= 4 is 0 Å². The lowest BCUT2D eigenvalue weighted by Gasteiger charge is -2.22. The van der Waals surface area contributed by atoms with Gasteiger partial charge in [0.15, 0.2) is 0 Å². The van der Waals surface area contributed by atoms with E-state index in [9.17, 15) is 0 Å². The Labute approximate surface area is 132 Å². The van der Waals surface area contributed by atoms with Gasteiger partial charge in [-0.15, -0.1) is 0 Å². The summed E-state index contributed by atoms with van der Waals surface area (Å²) >= 11 is 0. The van der Waals surface area contributed by atoms with Crippen LogP contribution in [0.5, 0.6) is 5.75 Å². The highest BCUT2D eigenvalue weighted by molar-refractivity contribution is 5.69. The van der Waals surface area contributed by atoms with Gasteiger partial charge in [-0.05, 0) is 31.2 Å². The Morgan fingerprint density at radius 3 is 2.95 bits per heavy atom. The first-order chi connectivity index (χ1) is 10.7. The first kappa shape index (κ1) is 15.1. The Morgan fingerprint density at radius 1 is 1.32 bits per heavy atom. The zero-order valence-corrected chi connectivity index (χ0v) is 13.4. The van der Waals surface area contributed by atoms with Crippen molar-refractivity contribution in [1.82, 2.24) is 9.78 Å². The third-order valence-corrected chi connectivity index (χ3v) is 3.82. The molecule has 0 spiro atoms. The maximum atomic E-state index is 5.94. The molecule has 1 saturated heterocycles. The molecule has 4 nitrogen and oxygen atoms in total. The van der Waals surface area contributed by atoms with Gasteiger partial charge in [-0.25, -0.2) is 4.68 Å². The molecule has 0 saturated carbocycles. The van der Waals surface area contributed by atoms with E-state index in [4.69, 9.17) is 9.47 Å². The summed E-state index contributed by atoms with van der Waals surface area (Å²) in [7, 11) is 0. The Hall–Kier alpha value is -1.81. The zero-order valence-electron chi connectivity index (χ0n) is 13.4. The van der Waals surface area contributed by atoms with E-state index in [1.807, 2.05) is 29.1 Å². The summed E-state index contributed by atoms with van der Waals surface area (Å²) in [4.78, 5) is 0. The summed E-state index contributed by atoms with van der Waals surface area (Å²) in [6.07, 6.45) is 7.42. The minimum atomic E-state index is 0.0752. The normalized spacial score (nSPS) is 18.6. The van der Waals surface area contributed by atoms with Gasteiger partial charge in [0.05, 0.1) is 12.8 Å². The molecule has 0 radical (unpaired) electrons. The van der Waals surface area contributed by atoms with Crippen molar-refractivity contribution < 1.29 is 9.47 Å². The fraction of sp³-hybridized carbons (Fsp3) is 0.500. The number of aromatic nitrogens is 2. The van der Waals surface area contributed by atoms with Crippen LogP contribution in [0.3, 0.4) is 0 Å². The Bertz CT molecular complexity index is 601. The summed E-state index contributed by atoms with van der Waals surface area (Å²) in [6, 6.07) is 8.14. The highest BCUT2D eigenvalue weighted by Gasteiger charge is 2.17. The Kier molecular flexibility index (Phi) is 4.78. The molecule has 22 heavy (non-hydrogen) atoms. The van der Waals surface area contributed by atoms with E-state index in [2.05, 4.69) is 31.2 Å². The summed E-state index contributed by atoms with van der Waals surface area (Å²) in [5.74, 6) is 1.42. The number of nitrogens with zero attached hydrogens (tertiary/aromatic N) is 2. The van der Waals surface area contributed by atoms with Crippen molar-refractivity contribution in [2.24, 2.45) is 5.92 Å². The molecule has 0 unspecified atom stereocenters. The molecule has 4 heteroatoms. The molecule has 1 aliphatic rings. The first-order valence-corrected chi connectivity index (χ1v) is 8.12. The average molecular weight is 300 g/mol. The number of benzene rings is 1. The van der Waals surface area contributed by atoms with Crippen molar-refractivity contribution in [2.75, 3.05) is 13.2 Å². The Morgan fingerprint density at radius 2 is 2.18 bits per heavy atom. The number of hydrogen-bond acceptors (Lipinski definition) is 3. The van der Waals surface area contributed by atoms with Crippen LogP contribution < -0.4 is 4.74 Å². The van der Waals surface area contributed by atoms with E-state index >= 15 is 0 Å².